The van der Waals surface area contributed by atoms with Gasteiger partial charge in [0, 0.05) is 28.6 Å². The van der Waals surface area contributed by atoms with Gasteiger partial charge in [-0.2, -0.15) is 0 Å². The standard InChI is InChI=1S/C26H20FN3O2S/c1-32-22-12-5-3-10-18(22)24-23-19(17-9-2-4-11-20(17)28-23)14-21-25(31)29(26(33)30(21)24)16-8-6-7-15(27)13-16/h2-13,24,28,31H,14H2,1H3. The van der Waals surface area contributed by atoms with Crippen LogP contribution in [0.1, 0.15) is 28.6 Å². The third-order valence-corrected chi connectivity index (χ3v) is 6.76. The van der Waals surface area contributed by atoms with E-state index in [1.807, 2.05) is 47.0 Å². The Kier molecular flexibility index (Phi) is 4.41. The summed E-state index contributed by atoms with van der Waals surface area (Å²) >= 11 is 5.88. The van der Waals surface area contributed by atoms with Crippen molar-refractivity contribution in [2.75, 3.05) is 7.11 Å². The summed E-state index contributed by atoms with van der Waals surface area (Å²) in [6, 6.07) is 21.7. The third-order valence-electron chi connectivity index (χ3n) is 6.38. The Morgan fingerprint density at radius 1 is 1.06 bits per heavy atom. The SMILES string of the molecule is COc1ccccc1C1c2[nH]c3ccccc3c2Cc2c(O)n(-c3cccc(F)c3)c(=S)n21. The fraction of sp³-hybridized carbons (Fsp3) is 0.115. The minimum Gasteiger partial charge on any atom is -0.496 e. The molecule has 0 amide bonds. The molecule has 0 saturated carbocycles. The molecule has 1 atom stereocenters. The summed E-state index contributed by atoms with van der Waals surface area (Å²) in [5.74, 6) is 0.344. The first-order valence-electron chi connectivity index (χ1n) is 10.6. The first kappa shape index (κ1) is 19.8. The number of methoxy groups -OCH3 is 1. The highest BCUT2D eigenvalue weighted by Crippen LogP contribution is 2.45. The number of ether oxygens (including phenoxy) is 1. The van der Waals surface area contributed by atoms with Crippen LogP contribution in [0.15, 0.2) is 72.8 Å². The van der Waals surface area contributed by atoms with Crippen LogP contribution in [0.5, 0.6) is 11.6 Å². The molecule has 0 spiro atoms. The predicted molar refractivity (Wildman–Crippen MR) is 128 cm³/mol. The molecule has 0 bridgehead atoms. The van der Waals surface area contributed by atoms with Crippen molar-refractivity contribution in [3.63, 3.8) is 0 Å². The fourth-order valence-corrected chi connectivity index (χ4v) is 5.36. The van der Waals surface area contributed by atoms with Crippen molar-refractivity contribution >= 4 is 23.1 Å². The van der Waals surface area contributed by atoms with Crippen molar-refractivity contribution in [1.82, 2.24) is 14.1 Å². The Morgan fingerprint density at radius 2 is 1.85 bits per heavy atom. The molecule has 1 aliphatic heterocycles. The molecule has 0 aliphatic carbocycles. The van der Waals surface area contributed by atoms with E-state index in [1.54, 1.807) is 19.2 Å². The summed E-state index contributed by atoms with van der Waals surface area (Å²) in [7, 11) is 1.64. The minimum absolute atomic E-state index is 0.0152. The summed E-state index contributed by atoms with van der Waals surface area (Å²) in [5.41, 5.74) is 5.20. The van der Waals surface area contributed by atoms with E-state index in [0.717, 1.165) is 33.5 Å². The number of aromatic nitrogens is 3. The molecule has 6 rings (SSSR count). The summed E-state index contributed by atoms with van der Waals surface area (Å²) in [4.78, 5) is 3.59. The summed E-state index contributed by atoms with van der Waals surface area (Å²) < 4.78 is 23.6. The maximum Gasteiger partial charge on any atom is 0.218 e. The maximum atomic E-state index is 14.0. The van der Waals surface area contributed by atoms with Gasteiger partial charge < -0.3 is 19.4 Å². The smallest absolute Gasteiger partial charge is 0.218 e. The van der Waals surface area contributed by atoms with Crippen molar-refractivity contribution < 1.29 is 14.2 Å². The molecule has 5 aromatic rings. The second-order valence-corrected chi connectivity index (χ2v) is 8.49. The van der Waals surface area contributed by atoms with Crippen LogP contribution in [0.4, 0.5) is 4.39 Å². The van der Waals surface area contributed by atoms with Crippen molar-refractivity contribution in [3.8, 4) is 17.3 Å². The van der Waals surface area contributed by atoms with E-state index in [4.69, 9.17) is 17.0 Å². The van der Waals surface area contributed by atoms with Crippen molar-refractivity contribution in [1.29, 1.82) is 0 Å². The maximum absolute atomic E-state index is 14.0. The van der Waals surface area contributed by atoms with Crippen LogP contribution < -0.4 is 4.74 Å². The molecule has 1 unspecified atom stereocenters. The Bertz CT molecular complexity index is 1600. The normalized spacial score (nSPS) is 14.8. The van der Waals surface area contributed by atoms with Crippen molar-refractivity contribution in [3.05, 3.63) is 106 Å². The predicted octanol–water partition coefficient (Wildman–Crippen LogP) is 5.88. The Hall–Kier alpha value is -3.84. The molecule has 3 heterocycles. The molecular weight excluding hydrogens is 437 g/mol. The molecular formula is C26H20FN3O2S. The van der Waals surface area contributed by atoms with Crippen LogP contribution >= 0.6 is 12.2 Å². The molecule has 0 fully saturated rings. The molecule has 7 heteroatoms. The molecule has 0 saturated heterocycles. The lowest BCUT2D eigenvalue weighted by molar-refractivity contribution is 0.402. The van der Waals surface area contributed by atoms with Gasteiger partial charge in [-0.25, -0.2) is 4.39 Å². The molecule has 33 heavy (non-hydrogen) atoms. The molecule has 5 nitrogen and oxygen atoms in total. The van der Waals surface area contributed by atoms with Gasteiger partial charge in [0.25, 0.3) is 0 Å². The molecule has 1 aliphatic rings. The summed E-state index contributed by atoms with van der Waals surface area (Å²) in [6.07, 6.45) is 0.489. The van der Waals surface area contributed by atoms with Crippen LogP contribution in [0, 0.1) is 10.6 Å². The largest absolute Gasteiger partial charge is 0.496 e. The lowest BCUT2D eigenvalue weighted by Gasteiger charge is -2.27. The zero-order valence-corrected chi connectivity index (χ0v) is 18.6. The van der Waals surface area contributed by atoms with Crippen LogP contribution in [0.3, 0.4) is 0 Å². The minimum atomic E-state index is -0.393. The Balaban J connectivity index is 1.69. The number of aromatic hydroxyl groups is 1. The van der Waals surface area contributed by atoms with Crippen LogP contribution in [0.25, 0.3) is 16.6 Å². The second-order valence-electron chi connectivity index (χ2n) is 8.12. The van der Waals surface area contributed by atoms with Crippen molar-refractivity contribution in [2.45, 2.75) is 12.5 Å². The number of aromatic amines is 1. The summed E-state index contributed by atoms with van der Waals surface area (Å²) in [6.45, 7) is 0. The van der Waals surface area contributed by atoms with E-state index in [1.165, 1.54) is 16.7 Å². The number of para-hydroxylation sites is 2. The van der Waals surface area contributed by atoms with Gasteiger partial charge in [-0.3, -0.25) is 4.57 Å². The van der Waals surface area contributed by atoms with Gasteiger partial charge in [-0.1, -0.05) is 42.5 Å². The average molecular weight is 458 g/mol. The van der Waals surface area contributed by atoms with Gasteiger partial charge in [0.2, 0.25) is 5.88 Å². The van der Waals surface area contributed by atoms with Gasteiger partial charge in [0.1, 0.15) is 17.6 Å². The highest BCUT2D eigenvalue weighted by Gasteiger charge is 2.35. The average Bonchev–Trinajstić information content (AvgIpc) is 3.32. The highest BCUT2D eigenvalue weighted by molar-refractivity contribution is 7.71. The lowest BCUT2D eigenvalue weighted by Crippen LogP contribution is -2.22. The Labute approximate surface area is 194 Å². The van der Waals surface area contributed by atoms with E-state index in [9.17, 15) is 9.50 Å². The number of nitrogens with one attached hydrogen (secondary N) is 1. The Morgan fingerprint density at radius 3 is 2.67 bits per heavy atom. The van der Waals surface area contributed by atoms with Crippen LogP contribution in [-0.4, -0.2) is 26.3 Å². The van der Waals surface area contributed by atoms with Crippen LogP contribution in [0.2, 0.25) is 0 Å². The quantitative estimate of drug-likeness (QED) is 0.326. The van der Waals surface area contributed by atoms with E-state index >= 15 is 0 Å². The second kappa shape index (κ2) is 7.35. The molecule has 2 aromatic heterocycles. The fourth-order valence-electron chi connectivity index (χ4n) is 4.96. The zero-order valence-electron chi connectivity index (χ0n) is 17.7. The first-order chi connectivity index (χ1) is 16.1. The topological polar surface area (TPSA) is 55.1 Å². The van der Waals surface area contributed by atoms with Gasteiger partial charge >= 0.3 is 0 Å². The van der Waals surface area contributed by atoms with E-state index in [2.05, 4.69) is 11.1 Å². The van der Waals surface area contributed by atoms with E-state index in [-0.39, 0.29) is 11.9 Å². The lowest BCUT2D eigenvalue weighted by atomic mass is 9.92. The number of rotatable bonds is 3. The number of fused-ring (bicyclic) bond motifs is 4. The number of imidazole rings is 1. The number of H-pyrrole nitrogens is 1. The van der Waals surface area contributed by atoms with Gasteiger partial charge in [0.15, 0.2) is 4.77 Å². The highest BCUT2D eigenvalue weighted by atomic mass is 32.1. The van der Waals surface area contributed by atoms with Gasteiger partial charge in [0.05, 0.1) is 18.5 Å². The van der Waals surface area contributed by atoms with E-state index in [0.29, 0.717) is 22.6 Å². The number of nitrogens with zero attached hydrogens (tertiary/aromatic N) is 2. The number of hydrogen-bond acceptors (Lipinski definition) is 3. The molecule has 164 valence electrons. The van der Waals surface area contributed by atoms with Crippen LogP contribution in [-0.2, 0) is 6.42 Å². The van der Waals surface area contributed by atoms with Crippen molar-refractivity contribution in [2.24, 2.45) is 0 Å². The summed E-state index contributed by atoms with van der Waals surface area (Å²) in [5, 5.41) is 12.4. The number of hydrogen-bond donors (Lipinski definition) is 2. The molecule has 0 radical (unpaired) electrons. The van der Waals surface area contributed by atoms with Gasteiger partial charge in [-0.05, 0) is 48.1 Å². The molecule has 3 aromatic carbocycles. The number of halogens is 1. The zero-order chi connectivity index (χ0) is 22.7. The molecule has 2 N–H and O–H groups in total. The van der Waals surface area contributed by atoms with E-state index < -0.39 is 5.82 Å². The first-order valence-corrected chi connectivity index (χ1v) is 11.0. The number of benzene rings is 3. The monoisotopic (exact) mass is 457 g/mol. The third kappa shape index (κ3) is 2.85. The van der Waals surface area contributed by atoms with Gasteiger partial charge in [-0.15, -0.1) is 0 Å².